The second kappa shape index (κ2) is 6.67. The highest BCUT2D eigenvalue weighted by Crippen LogP contribution is 2.38. The second-order valence-electron chi connectivity index (χ2n) is 4.53. The summed E-state index contributed by atoms with van der Waals surface area (Å²) in [7, 11) is 0. The Morgan fingerprint density at radius 3 is 2.95 bits per heavy atom. The van der Waals surface area contributed by atoms with E-state index in [1.165, 1.54) is 23.4 Å². The molecule has 2 heterocycles. The third-order valence-corrected chi connectivity index (χ3v) is 4.94. The highest BCUT2D eigenvalue weighted by atomic mass is 35.5. The second-order valence-corrected chi connectivity index (χ2v) is 6.20. The van der Waals surface area contributed by atoms with E-state index >= 15 is 0 Å². The lowest BCUT2D eigenvalue weighted by Crippen LogP contribution is -2.41. The van der Waals surface area contributed by atoms with Crippen molar-refractivity contribution in [2.75, 3.05) is 6.61 Å². The number of nitrogens with zero attached hydrogens (tertiary/aromatic N) is 1. The van der Waals surface area contributed by atoms with Gasteiger partial charge in [-0.1, -0.05) is 11.6 Å². The van der Waals surface area contributed by atoms with Crippen molar-refractivity contribution in [3.05, 3.63) is 35.3 Å². The number of hydrogen-bond acceptors (Lipinski definition) is 5. The lowest BCUT2D eigenvalue weighted by molar-refractivity contribution is -0.117. The van der Waals surface area contributed by atoms with Crippen LogP contribution in [0.15, 0.2) is 35.3 Å². The van der Waals surface area contributed by atoms with Gasteiger partial charge in [0.05, 0.1) is 28.9 Å². The zero-order chi connectivity index (χ0) is 14.7. The quantitative estimate of drug-likeness (QED) is 0.727. The van der Waals surface area contributed by atoms with Gasteiger partial charge in [0.25, 0.3) is 5.91 Å². The summed E-state index contributed by atoms with van der Waals surface area (Å²) in [6.45, 7) is 1.77. The van der Waals surface area contributed by atoms with E-state index in [1.54, 1.807) is 12.3 Å². The Bertz CT molecular complexity index is 478. The number of hydrogen-bond donors (Lipinski definition) is 3. The van der Waals surface area contributed by atoms with Crippen LogP contribution in [0.25, 0.3) is 0 Å². The van der Waals surface area contributed by atoms with Crippen LogP contribution in [0.5, 0.6) is 0 Å². The molecule has 0 bridgehead atoms. The summed E-state index contributed by atoms with van der Waals surface area (Å²) in [6, 6.07) is 0. The normalized spacial score (nSPS) is 32.9. The van der Waals surface area contributed by atoms with Crippen LogP contribution >= 0.6 is 23.4 Å². The molecule has 0 aliphatic carbocycles. The minimum absolute atomic E-state index is 0.0346. The molecule has 0 radical (unpaired) electrons. The number of carbonyl (C=O) groups is 1. The maximum Gasteiger partial charge on any atom is 0.258 e. The van der Waals surface area contributed by atoms with Crippen LogP contribution in [0.2, 0.25) is 0 Å². The number of amides is 1. The number of halogens is 1. The van der Waals surface area contributed by atoms with Crippen molar-refractivity contribution < 1.29 is 15.0 Å². The van der Waals surface area contributed by atoms with Crippen molar-refractivity contribution in [3.8, 4) is 0 Å². The number of aliphatic hydroxyl groups is 2. The summed E-state index contributed by atoms with van der Waals surface area (Å²) in [5, 5.41) is 21.7. The Kier molecular flexibility index (Phi) is 5.15. The van der Waals surface area contributed by atoms with E-state index in [9.17, 15) is 15.0 Å². The Hall–Kier alpha value is -0.950. The first-order valence-electron chi connectivity index (χ1n) is 6.29. The first-order valence-corrected chi connectivity index (χ1v) is 7.67. The minimum atomic E-state index is -0.550. The maximum atomic E-state index is 11.8. The van der Waals surface area contributed by atoms with E-state index in [0.29, 0.717) is 17.8 Å². The molecule has 7 heteroatoms. The molecule has 0 aromatic carbocycles. The minimum Gasteiger partial charge on any atom is -0.395 e. The van der Waals surface area contributed by atoms with Gasteiger partial charge >= 0.3 is 0 Å². The van der Waals surface area contributed by atoms with Crippen LogP contribution in [0.3, 0.4) is 0 Å². The van der Waals surface area contributed by atoms with Gasteiger partial charge < -0.3 is 20.4 Å². The summed E-state index contributed by atoms with van der Waals surface area (Å²) in [6.07, 6.45) is 5.02. The topological polar surface area (TPSA) is 72.8 Å². The Labute approximate surface area is 127 Å². The molecule has 2 aliphatic heterocycles. The largest absolute Gasteiger partial charge is 0.395 e. The average molecular weight is 317 g/mol. The molecular weight excluding hydrogens is 300 g/mol. The van der Waals surface area contributed by atoms with Crippen LogP contribution in [-0.2, 0) is 4.79 Å². The standard InChI is InChI=1S/C13H17ClN2O3S/c1-2-11-15-13(19)8(3-4-14)6-16(11)12-5-9(18)10(7-17)20-12/h2-4,6,9-10,12,17-18H,5,7H2,1H3,(H,15,19)/b4-3+,11-2?. The zero-order valence-electron chi connectivity index (χ0n) is 11.0. The number of thioether (sulfide) groups is 1. The van der Waals surface area contributed by atoms with Crippen molar-refractivity contribution in [3.63, 3.8) is 0 Å². The van der Waals surface area contributed by atoms with Gasteiger partial charge in [-0.05, 0) is 19.1 Å². The molecule has 20 heavy (non-hydrogen) atoms. The van der Waals surface area contributed by atoms with Crippen LogP contribution < -0.4 is 5.32 Å². The predicted octanol–water partition coefficient (Wildman–Crippen LogP) is 1.10. The number of nitrogens with one attached hydrogen (secondary N) is 1. The average Bonchev–Trinajstić information content (AvgIpc) is 2.81. The van der Waals surface area contributed by atoms with E-state index < -0.39 is 6.10 Å². The molecule has 0 aromatic rings. The maximum absolute atomic E-state index is 11.8. The highest BCUT2D eigenvalue weighted by Gasteiger charge is 2.38. The SMILES string of the molecule is CC=C1NC(=O)C(/C=C/Cl)=CN1C1CC(O)C(CO)S1. The number of carbonyl (C=O) groups excluding carboxylic acids is 1. The van der Waals surface area contributed by atoms with Crippen LogP contribution in [0.4, 0.5) is 0 Å². The fraction of sp³-hybridized carbons (Fsp3) is 0.462. The molecule has 2 rings (SSSR count). The van der Waals surface area contributed by atoms with Crippen molar-refractivity contribution in [2.45, 2.75) is 30.1 Å². The summed E-state index contributed by atoms with van der Waals surface area (Å²) in [5.74, 6) is 0.457. The van der Waals surface area contributed by atoms with Crippen molar-refractivity contribution >= 4 is 29.3 Å². The molecule has 3 atom stereocenters. The van der Waals surface area contributed by atoms with E-state index in [2.05, 4.69) is 5.32 Å². The Balaban J connectivity index is 2.26. The van der Waals surface area contributed by atoms with Gasteiger partial charge in [-0.2, -0.15) is 0 Å². The fourth-order valence-corrected chi connectivity index (χ4v) is 3.76. The summed E-state index contributed by atoms with van der Waals surface area (Å²) < 4.78 is 0. The van der Waals surface area contributed by atoms with Crippen molar-refractivity contribution in [1.82, 2.24) is 10.2 Å². The number of allylic oxidation sites excluding steroid dienone is 1. The summed E-state index contributed by atoms with van der Waals surface area (Å²) in [5.41, 5.74) is 1.74. The Morgan fingerprint density at radius 1 is 1.65 bits per heavy atom. The monoisotopic (exact) mass is 316 g/mol. The third-order valence-electron chi connectivity index (χ3n) is 3.27. The molecule has 0 saturated carbocycles. The molecule has 3 N–H and O–H groups in total. The van der Waals surface area contributed by atoms with Crippen LogP contribution in [0.1, 0.15) is 13.3 Å². The van der Waals surface area contributed by atoms with Gasteiger partial charge in [0.1, 0.15) is 5.82 Å². The van der Waals surface area contributed by atoms with E-state index in [4.69, 9.17) is 11.6 Å². The molecule has 3 unspecified atom stereocenters. The smallest absolute Gasteiger partial charge is 0.258 e. The predicted molar refractivity (Wildman–Crippen MR) is 79.7 cm³/mol. The van der Waals surface area contributed by atoms with Gasteiger partial charge in [-0.3, -0.25) is 4.79 Å². The van der Waals surface area contributed by atoms with Gasteiger partial charge in [-0.15, -0.1) is 11.8 Å². The Morgan fingerprint density at radius 2 is 2.40 bits per heavy atom. The van der Waals surface area contributed by atoms with E-state index in [0.717, 1.165) is 0 Å². The lowest BCUT2D eigenvalue weighted by Gasteiger charge is -2.33. The number of rotatable bonds is 3. The third kappa shape index (κ3) is 3.03. The zero-order valence-corrected chi connectivity index (χ0v) is 12.6. The molecule has 1 saturated heterocycles. The van der Waals surface area contributed by atoms with Crippen molar-refractivity contribution in [1.29, 1.82) is 0 Å². The number of aliphatic hydroxyl groups excluding tert-OH is 2. The molecular formula is C13H17ClN2O3S. The molecule has 2 aliphatic rings. The van der Waals surface area contributed by atoms with Gasteiger partial charge in [0.2, 0.25) is 0 Å². The van der Waals surface area contributed by atoms with E-state index in [1.807, 2.05) is 11.8 Å². The van der Waals surface area contributed by atoms with Crippen molar-refractivity contribution in [2.24, 2.45) is 0 Å². The van der Waals surface area contributed by atoms with Gasteiger partial charge in [0, 0.05) is 18.2 Å². The van der Waals surface area contributed by atoms with E-state index in [-0.39, 0.29) is 23.1 Å². The molecule has 1 amide bonds. The highest BCUT2D eigenvalue weighted by molar-refractivity contribution is 8.00. The van der Waals surface area contributed by atoms with Gasteiger partial charge in [-0.25, -0.2) is 0 Å². The lowest BCUT2D eigenvalue weighted by atomic mass is 10.1. The molecule has 110 valence electrons. The van der Waals surface area contributed by atoms with Crippen LogP contribution in [-0.4, -0.2) is 44.4 Å². The first-order chi connectivity index (χ1) is 9.60. The molecule has 0 spiro atoms. The molecule has 1 fully saturated rings. The fourth-order valence-electron chi connectivity index (χ4n) is 2.23. The van der Waals surface area contributed by atoms with Gasteiger partial charge in [0.15, 0.2) is 0 Å². The first kappa shape index (κ1) is 15.4. The van der Waals surface area contributed by atoms with Crippen LogP contribution in [0, 0.1) is 0 Å². The summed E-state index contributed by atoms with van der Waals surface area (Å²) in [4.78, 5) is 13.7. The molecule has 0 aromatic heterocycles. The summed E-state index contributed by atoms with van der Waals surface area (Å²) >= 11 is 7.03. The molecule has 5 nitrogen and oxygen atoms in total.